The van der Waals surface area contributed by atoms with E-state index in [4.69, 9.17) is 0 Å². The maximum atomic E-state index is 12.9. The smallest absolute Gasteiger partial charge is 0.241 e. The average Bonchev–Trinajstić information content (AvgIpc) is 2.70. The van der Waals surface area contributed by atoms with Gasteiger partial charge < -0.3 is 4.90 Å². The second kappa shape index (κ2) is 9.36. The Labute approximate surface area is 168 Å². The summed E-state index contributed by atoms with van der Waals surface area (Å²) in [4.78, 5) is 19.7. The monoisotopic (exact) mass is 385 g/mol. The molecule has 2 aromatic rings. The summed E-state index contributed by atoms with van der Waals surface area (Å²) in [7, 11) is 0. The Morgan fingerprint density at radius 1 is 0.815 bits per heavy atom. The maximum absolute atomic E-state index is 12.9. The van der Waals surface area contributed by atoms with Gasteiger partial charge in [0.05, 0.1) is 6.54 Å². The highest BCUT2D eigenvalue weighted by Crippen LogP contribution is 2.26. The lowest BCUT2D eigenvalue weighted by molar-refractivity contribution is -0.120. The molecule has 2 heterocycles. The molecule has 2 aliphatic heterocycles. The Kier molecular flexibility index (Phi) is 6.89. The van der Waals surface area contributed by atoms with Crippen LogP contribution >= 0.6 is 12.4 Å². The molecule has 1 fully saturated rings. The highest BCUT2D eigenvalue weighted by atomic mass is 35.5. The topological polar surface area (TPSA) is 26.8 Å². The molecule has 27 heavy (non-hydrogen) atoms. The highest BCUT2D eigenvalue weighted by molar-refractivity contribution is 5.95. The van der Waals surface area contributed by atoms with Gasteiger partial charge in [0, 0.05) is 45.0 Å². The Morgan fingerprint density at radius 3 is 2.26 bits per heavy atom. The number of hydrogen-bond donors (Lipinski definition) is 0. The number of amides is 1. The lowest BCUT2D eigenvalue weighted by Gasteiger charge is -2.36. The minimum Gasteiger partial charge on any atom is -0.311 e. The first-order valence-corrected chi connectivity index (χ1v) is 9.66. The van der Waals surface area contributed by atoms with Gasteiger partial charge in [-0.15, -0.1) is 12.4 Å². The second-order valence-electron chi connectivity index (χ2n) is 7.32. The molecule has 1 saturated heterocycles. The molecule has 4 rings (SSSR count). The molecule has 0 atom stereocenters. The number of hydrogen-bond acceptors (Lipinski definition) is 3. The Morgan fingerprint density at radius 2 is 1.48 bits per heavy atom. The number of halogens is 1. The van der Waals surface area contributed by atoms with Crippen molar-refractivity contribution in [1.82, 2.24) is 9.80 Å². The number of aryl methyl sites for hydroxylation is 1. The van der Waals surface area contributed by atoms with Gasteiger partial charge in [0.25, 0.3) is 0 Å². The summed E-state index contributed by atoms with van der Waals surface area (Å²) < 4.78 is 0. The minimum absolute atomic E-state index is 0. The summed E-state index contributed by atoms with van der Waals surface area (Å²) in [5.41, 5.74) is 3.79. The molecule has 0 unspecified atom stereocenters. The van der Waals surface area contributed by atoms with Crippen molar-refractivity contribution in [2.24, 2.45) is 0 Å². The van der Waals surface area contributed by atoms with Gasteiger partial charge >= 0.3 is 0 Å². The Hall–Kier alpha value is -1.88. The van der Waals surface area contributed by atoms with Crippen LogP contribution in [-0.4, -0.2) is 55.0 Å². The molecule has 0 aromatic heterocycles. The van der Waals surface area contributed by atoms with E-state index in [0.717, 1.165) is 57.8 Å². The third-order valence-electron chi connectivity index (χ3n) is 5.48. The first kappa shape index (κ1) is 19.9. The largest absolute Gasteiger partial charge is 0.311 e. The molecule has 4 nitrogen and oxygen atoms in total. The number of para-hydroxylation sites is 1. The van der Waals surface area contributed by atoms with E-state index in [9.17, 15) is 4.79 Å². The molecule has 0 spiro atoms. The van der Waals surface area contributed by atoms with Crippen LogP contribution in [-0.2, 0) is 17.8 Å². The van der Waals surface area contributed by atoms with E-state index in [1.54, 1.807) is 0 Å². The fourth-order valence-corrected chi connectivity index (χ4v) is 4.02. The number of piperazine rings is 1. The third-order valence-corrected chi connectivity index (χ3v) is 5.48. The van der Waals surface area contributed by atoms with Crippen LogP contribution in [0.5, 0.6) is 0 Å². The van der Waals surface area contributed by atoms with Crippen molar-refractivity contribution in [1.29, 1.82) is 0 Å². The molecular weight excluding hydrogens is 358 g/mol. The summed E-state index contributed by atoms with van der Waals surface area (Å²) in [6, 6.07) is 19.0. The first-order chi connectivity index (χ1) is 12.8. The van der Waals surface area contributed by atoms with Crippen LogP contribution in [0.4, 0.5) is 5.69 Å². The van der Waals surface area contributed by atoms with Crippen molar-refractivity contribution in [2.45, 2.75) is 19.4 Å². The predicted molar refractivity (Wildman–Crippen MR) is 113 cm³/mol. The van der Waals surface area contributed by atoms with Crippen LogP contribution in [0.3, 0.4) is 0 Å². The quantitative estimate of drug-likeness (QED) is 0.808. The van der Waals surface area contributed by atoms with Crippen molar-refractivity contribution in [3.05, 3.63) is 65.7 Å². The summed E-state index contributed by atoms with van der Waals surface area (Å²) in [6.45, 7) is 6.37. The fraction of sp³-hybridized carbons (Fsp3) is 0.409. The lowest BCUT2D eigenvalue weighted by atomic mass is 10.0. The van der Waals surface area contributed by atoms with Crippen LogP contribution < -0.4 is 4.90 Å². The molecule has 2 aliphatic rings. The fourth-order valence-electron chi connectivity index (χ4n) is 4.02. The van der Waals surface area contributed by atoms with E-state index in [2.05, 4.69) is 58.3 Å². The van der Waals surface area contributed by atoms with Crippen molar-refractivity contribution in [2.75, 3.05) is 44.2 Å². The van der Waals surface area contributed by atoms with Gasteiger partial charge in [-0.1, -0.05) is 48.5 Å². The second-order valence-corrected chi connectivity index (χ2v) is 7.32. The van der Waals surface area contributed by atoms with Crippen LogP contribution in [0.25, 0.3) is 0 Å². The zero-order valence-corrected chi connectivity index (χ0v) is 16.5. The number of anilines is 1. The molecule has 2 aromatic carbocycles. The van der Waals surface area contributed by atoms with Gasteiger partial charge in [-0.2, -0.15) is 0 Å². The molecule has 5 heteroatoms. The average molecular weight is 386 g/mol. The van der Waals surface area contributed by atoms with Gasteiger partial charge in [-0.3, -0.25) is 14.6 Å². The van der Waals surface area contributed by atoms with Crippen LogP contribution in [0, 0.1) is 0 Å². The molecule has 144 valence electrons. The number of benzene rings is 2. The van der Waals surface area contributed by atoms with E-state index >= 15 is 0 Å². The van der Waals surface area contributed by atoms with Gasteiger partial charge in [0.1, 0.15) is 0 Å². The summed E-state index contributed by atoms with van der Waals surface area (Å²) in [5.74, 6) is 0.244. The lowest BCUT2D eigenvalue weighted by Crippen LogP contribution is -2.50. The Bertz CT molecular complexity index is 744. The molecule has 1 amide bonds. The van der Waals surface area contributed by atoms with E-state index in [1.165, 1.54) is 11.1 Å². The Balaban J connectivity index is 0.00000210. The van der Waals surface area contributed by atoms with Gasteiger partial charge in [-0.05, 0) is 30.0 Å². The highest BCUT2D eigenvalue weighted by Gasteiger charge is 2.25. The van der Waals surface area contributed by atoms with Gasteiger partial charge in [0.15, 0.2) is 0 Å². The molecule has 0 aliphatic carbocycles. The van der Waals surface area contributed by atoms with E-state index < -0.39 is 0 Å². The SMILES string of the molecule is Cl.O=C(CN1CCN(Cc2ccccc2)CC1)N1CCCc2ccccc21. The molecule has 0 radical (unpaired) electrons. The van der Waals surface area contributed by atoms with Crippen LogP contribution in [0.1, 0.15) is 17.5 Å². The maximum Gasteiger partial charge on any atom is 0.241 e. The van der Waals surface area contributed by atoms with Crippen molar-refractivity contribution in [3.63, 3.8) is 0 Å². The summed E-state index contributed by atoms with van der Waals surface area (Å²) in [5, 5.41) is 0. The number of fused-ring (bicyclic) bond motifs is 1. The van der Waals surface area contributed by atoms with Crippen molar-refractivity contribution in [3.8, 4) is 0 Å². The van der Waals surface area contributed by atoms with E-state index in [-0.39, 0.29) is 18.3 Å². The minimum atomic E-state index is 0. The molecule has 0 N–H and O–H groups in total. The number of carbonyl (C=O) groups is 1. The van der Waals surface area contributed by atoms with Crippen LogP contribution in [0.15, 0.2) is 54.6 Å². The zero-order valence-electron chi connectivity index (χ0n) is 15.7. The van der Waals surface area contributed by atoms with Gasteiger partial charge in [-0.25, -0.2) is 0 Å². The van der Waals surface area contributed by atoms with E-state index in [1.807, 2.05) is 11.0 Å². The number of carbonyl (C=O) groups excluding carboxylic acids is 1. The van der Waals surface area contributed by atoms with Crippen LogP contribution in [0.2, 0.25) is 0 Å². The standard InChI is InChI=1S/C22H27N3O.ClH/c26-22(25-12-6-10-20-9-4-5-11-21(20)25)18-24-15-13-23(14-16-24)17-19-7-2-1-3-8-19;/h1-5,7-9,11H,6,10,12-18H2;1H. The van der Waals surface area contributed by atoms with Crippen molar-refractivity contribution >= 4 is 24.0 Å². The molecule has 0 saturated carbocycles. The molecule has 0 bridgehead atoms. The first-order valence-electron chi connectivity index (χ1n) is 9.66. The summed E-state index contributed by atoms with van der Waals surface area (Å²) >= 11 is 0. The third kappa shape index (κ3) is 4.89. The summed E-state index contributed by atoms with van der Waals surface area (Å²) in [6.07, 6.45) is 2.14. The number of rotatable bonds is 4. The van der Waals surface area contributed by atoms with E-state index in [0.29, 0.717) is 6.54 Å². The predicted octanol–water partition coefficient (Wildman–Crippen LogP) is 3.21. The van der Waals surface area contributed by atoms with Crippen molar-refractivity contribution < 1.29 is 4.79 Å². The molecular formula is C22H28ClN3O. The number of nitrogens with zero attached hydrogens (tertiary/aromatic N) is 3. The van der Waals surface area contributed by atoms with Gasteiger partial charge in [0.2, 0.25) is 5.91 Å². The normalized spacial score (nSPS) is 17.9. The zero-order chi connectivity index (χ0) is 17.8.